The number of benzene rings is 1. The van der Waals surface area contributed by atoms with Gasteiger partial charge in [-0.25, -0.2) is 9.59 Å². The number of rotatable bonds is 7. The third kappa shape index (κ3) is 4.48. The van der Waals surface area contributed by atoms with Crippen molar-refractivity contribution in [3.05, 3.63) is 41.0 Å². The molecule has 0 unspecified atom stereocenters. The monoisotopic (exact) mass is 322 g/mol. The molecule has 7 heteroatoms. The van der Waals surface area contributed by atoms with E-state index in [0.717, 1.165) is 7.11 Å². The molecule has 23 heavy (non-hydrogen) atoms. The summed E-state index contributed by atoms with van der Waals surface area (Å²) in [4.78, 5) is 36.0. The van der Waals surface area contributed by atoms with E-state index in [2.05, 4.69) is 9.47 Å². The first-order chi connectivity index (χ1) is 11.0. The van der Waals surface area contributed by atoms with Crippen molar-refractivity contribution >= 4 is 23.8 Å². The second-order valence-corrected chi connectivity index (χ2v) is 4.30. The highest BCUT2D eigenvalue weighted by atomic mass is 16.7. The summed E-state index contributed by atoms with van der Waals surface area (Å²) in [5, 5.41) is 0. The molecule has 1 rings (SSSR count). The molecule has 1 aromatic carbocycles. The molecule has 1 aromatic rings. The Balaban J connectivity index is 3.39. The van der Waals surface area contributed by atoms with Gasteiger partial charge in [0.25, 0.3) is 0 Å². The van der Waals surface area contributed by atoms with E-state index < -0.39 is 24.0 Å². The third-order valence-corrected chi connectivity index (χ3v) is 2.98. The molecular formula is C16H18O7. The van der Waals surface area contributed by atoms with Crippen molar-refractivity contribution in [2.45, 2.75) is 6.29 Å². The first-order valence-electron chi connectivity index (χ1n) is 6.57. The fourth-order valence-corrected chi connectivity index (χ4v) is 1.85. The number of ketones is 1. The van der Waals surface area contributed by atoms with Crippen molar-refractivity contribution in [2.24, 2.45) is 0 Å². The number of carbonyl (C=O) groups excluding carboxylic acids is 3. The standard InChI is InChI=1S/C16H18O7/c1-20-14(18)11-8-6-5-7-10(11)9-12(15(19)21-2)13(17)16(22-3)23-4/h5-9,16H,1-4H3. The first-order valence-corrected chi connectivity index (χ1v) is 6.57. The second kappa shape index (κ2) is 8.82. The van der Waals surface area contributed by atoms with Crippen LogP contribution in [0, 0.1) is 0 Å². The molecule has 0 aliphatic rings. The minimum atomic E-state index is -1.26. The fraction of sp³-hybridized carbons (Fsp3) is 0.312. The largest absolute Gasteiger partial charge is 0.465 e. The highest BCUT2D eigenvalue weighted by Gasteiger charge is 2.28. The highest BCUT2D eigenvalue weighted by molar-refractivity contribution is 6.22. The summed E-state index contributed by atoms with van der Waals surface area (Å²) in [6, 6.07) is 6.37. The van der Waals surface area contributed by atoms with Crippen molar-refractivity contribution in [3.8, 4) is 0 Å². The van der Waals surface area contributed by atoms with Crippen LogP contribution >= 0.6 is 0 Å². The predicted molar refractivity (Wildman–Crippen MR) is 80.6 cm³/mol. The fourth-order valence-electron chi connectivity index (χ4n) is 1.85. The summed E-state index contributed by atoms with van der Waals surface area (Å²) in [7, 11) is 4.91. The third-order valence-electron chi connectivity index (χ3n) is 2.98. The minimum absolute atomic E-state index is 0.204. The lowest BCUT2D eigenvalue weighted by Gasteiger charge is -2.13. The van der Waals surface area contributed by atoms with Crippen LogP contribution in [0.15, 0.2) is 29.8 Å². The molecule has 0 aliphatic heterocycles. The molecule has 0 fully saturated rings. The minimum Gasteiger partial charge on any atom is -0.465 e. The molecule has 124 valence electrons. The van der Waals surface area contributed by atoms with E-state index in [9.17, 15) is 14.4 Å². The summed E-state index contributed by atoms with van der Waals surface area (Å²) >= 11 is 0. The van der Waals surface area contributed by atoms with Gasteiger partial charge in [-0.05, 0) is 17.7 Å². The van der Waals surface area contributed by atoms with E-state index in [1.807, 2.05) is 0 Å². The van der Waals surface area contributed by atoms with E-state index in [1.54, 1.807) is 18.2 Å². The molecule has 7 nitrogen and oxygen atoms in total. The summed E-state index contributed by atoms with van der Waals surface area (Å²) < 4.78 is 19.0. The van der Waals surface area contributed by atoms with Crippen LogP contribution in [-0.4, -0.2) is 52.5 Å². The van der Waals surface area contributed by atoms with E-state index in [1.165, 1.54) is 33.5 Å². The average Bonchev–Trinajstić information content (AvgIpc) is 2.59. The predicted octanol–water partition coefficient (Wildman–Crippen LogP) is 1.22. The Kier molecular flexibility index (Phi) is 7.11. The Morgan fingerprint density at radius 1 is 0.957 bits per heavy atom. The van der Waals surface area contributed by atoms with Crippen LogP contribution < -0.4 is 0 Å². The number of methoxy groups -OCH3 is 4. The zero-order chi connectivity index (χ0) is 17.4. The average molecular weight is 322 g/mol. The molecule has 0 saturated carbocycles. The van der Waals surface area contributed by atoms with Gasteiger partial charge in [0, 0.05) is 14.2 Å². The Bertz CT molecular complexity index is 615. The molecule has 0 radical (unpaired) electrons. The number of hydrogen-bond acceptors (Lipinski definition) is 7. The molecule has 0 bridgehead atoms. The van der Waals surface area contributed by atoms with Gasteiger partial charge in [-0.2, -0.15) is 0 Å². The molecule has 0 spiro atoms. The summed E-state index contributed by atoms with van der Waals surface area (Å²) in [6.45, 7) is 0. The van der Waals surface area contributed by atoms with Crippen LogP contribution in [0.5, 0.6) is 0 Å². The zero-order valence-electron chi connectivity index (χ0n) is 13.3. The molecule has 0 saturated heterocycles. The normalized spacial score (nSPS) is 11.3. The van der Waals surface area contributed by atoms with Gasteiger partial charge in [0.1, 0.15) is 5.57 Å². The molecular weight excluding hydrogens is 304 g/mol. The highest BCUT2D eigenvalue weighted by Crippen LogP contribution is 2.17. The van der Waals surface area contributed by atoms with Crippen molar-refractivity contribution in [2.75, 3.05) is 28.4 Å². The van der Waals surface area contributed by atoms with Crippen molar-refractivity contribution in [1.82, 2.24) is 0 Å². The van der Waals surface area contributed by atoms with Gasteiger partial charge in [-0.1, -0.05) is 18.2 Å². The van der Waals surface area contributed by atoms with E-state index >= 15 is 0 Å². The topological polar surface area (TPSA) is 88.1 Å². The van der Waals surface area contributed by atoms with Gasteiger partial charge >= 0.3 is 11.9 Å². The Labute approximate surface area is 133 Å². The van der Waals surface area contributed by atoms with Crippen LogP contribution in [0.4, 0.5) is 0 Å². The maximum absolute atomic E-state index is 12.3. The Morgan fingerprint density at radius 2 is 1.57 bits per heavy atom. The maximum atomic E-state index is 12.3. The number of carbonyl (C=O) groups is 3. The van der Waals surface area contributed by atoms with Crippen LogP contribution in [0.25, 0.3) is 6.08 Å². The lowest BCUT2D eigenvalue weighted by atomic mass is 10.0. The quantitative estimate of drug-likeness (QED) is 0.245. The van der Waals surface area contributed by atoms with E-state index in [0.29, 0.717) is 5.56 Å². The van der Waals surface area contributed by atoms with Crippen LogP contribution in [-0.2, 0) is 28.5 Å². The lowest BCUT2D eigenvalue weighted by molar-refractivity contribution is -0.155. The zero-order valence-corrected chi connectivity index (χ0v) is 13.3. The molecule has 0 heterocycles. The first kappa shape index (κ1) is 18.5. The van der Waals surface area contributed by atoms with Gasteiger partial charge in [0.05, 0.1) is 19.8 Å². The van der Waals surface area contributed by atoms with Crippen molar-refractivity contribution < 1.29 is 33.3 Å². The summed E-state index contributed by atoms with van der Waals surface area (Å²) in [5.41, 5.74) is 0.229. The smallest absolute Gasteiger partial charge is 0.341 e. The molecule has 0 aliphatic carbocycles. The number of Topliss-reactive ketones (excluding diaryl/α,β-unsaturated/α-hetero) is 1. The summed E-state index contributed by atoms with van der Waals surface area (Å²) in [5.74, 6) is -2.18. The Morgan fingerprint density at radius 3 is 2.09 bits per heavy atom. The molecule has 0 amide bonds. The van der Waals surface area contributed by atoms with E-state index in [-0.39, 0.29) is 11.1 Å². The van der Waals surface area contributed by atoms with Gasteiger partial charge < -0.3 is 18.9 Å². The number of ether oxygens (including phenoxy) is 4. The van der Waals surface area contributed by atoms with Gasteiger partial charge in [0.15, 0.2) is 0 Å². The van der Waals surface area contributed by atoms with Gasteiger partial charge in [-0.3, -0.25) is 4.79 Å². The Hall–Kier alpha value is -2.51. The summed E-state index contributed by atoms with van der Waals surface area (Å²) in [6.07, 6.45) is -0.0171. The van der Waals surface area contributed by atoms with Crippen molar-refractivity contribution in [3.63, 3.8) is 0 Å². The molecule has 0 atom stereocenters. The maximum Gasteiger partial charge on any atom is 0.341 e. The van der Waals surface area contributed by atoms with Crippen LogP contribution in [0.3, 0.4) is 0 Å². The molecule has 0 N–H and O–H groups in total. The van der Waals surface area contributed by atoms with Gasteiger partial charge in [-0.15, -0.1) is 0 Å². The van der Waals surface area contributed by atoms with Gasteiger partial charge in [0.2, 0.25) is 12.1 Å². The molecule has 0 aromatic heterocycles. The van der Waals surface area contributed by atoms with Crippen LogP contribution in [0.2, 0.25) is 0 Å². The van der Waals surface area contributed by atoms with Crippen molar-refractivity contribution in [1.29, 1.82) is 0 Å². The lowest BCUT2D eigenvalue weighted by Crippen LogP contribution is -2.30. The SMILES string of the molecule is COC(=O)C(=Cc1ccccc1C(=O)OC)C(=O)C(OC)OC. The number of esters is 2. The second-order valence-electron chi connectivity index (χ2n) is 4.30. The van der Waals surface area contributed by atoms with Crippen LogP contribution in [0.1, 0.15) is 15.9 Å². The number of hydrogen-bond donors (Lipinski definition) is 0. The van der Waals surface area contributed by atoms with E-state index in [4.69, 9.17) is 9.47 Å².